The Bertz CT molecular complexity index is 2430. The van der Waals surface area contributed by atoms with Gasteiger partial charge in [-0.2, -0.15) is 0 Å². The van der Waals surface area contributed by atoms with Gasteiger partial charge < -0.3 is 38.3 Å². The van der Waals surface area contributed by atoms with Crippen LogP contribution in [0.15, 0.2) is 133 Å². The minimum Gasteiger partial charge on any atom is 0 e. The second-order valence-electron chi connectivity index (χ2n) is 16.3. The number of ether oxygens (including phenoxy) is 7. The molecule has 422 valence electrons. The van der Waals surface area contributed by atoms with Crippen LogP contribution in [0.4, 0.5) is 0 Å². The number of benzene rings is 4. The topological polar surface area (TPSA) is 255 Å². The maximum Gasteiger partial charge on any atom is 0 e. The Kier molecular flexibility index (Phi) is 49.4. The molecule has 0 aliphatic carbocycles. The molecule has 0 aromatic heterocycles. The Morgan fingerprint density at radius 1 is 0.744 bits per heavy atom. The van der Waals surface area contributed by atoms with E-state index in [1.165, 1.54) is 6.92 Å². The van der Waals surface area contributed by atoms with Gasteiger partial charge in [-0.3, -0.25) is 4.79 Å². The molecule has 20 heteroatoms. The Balaban J connectivity index is -0.00000183. The van der Waals surface area contributed by atoms with Crippen LogP contribution in [-0.4, -0.2) is 88.8 Å². The zero-order valence-electron chi connectivity index (χ0n) is 43.7. The molecule has 1 heterocycles. The number of aliphatic hydroxyl groups is 1. The van der Waals surface area contributed by atoms with Crippen LogP contribution in [-0.2, 0) is 124 Å². The maximum atomic E-state index is 13.9. The molecule has 17 nitrogen and oxygen atoms in total. The first-order chi connectivity index (χ1) is 36.9. The fraction of sp³-hybridized carbons (Fsp3) is 0.397. The monoisotopic (exact) mass is 1180 g/mol. The Labute approximate surface area is 480 Å². The van der Waals surface area contributed by atoms with Crippen molar-refractivity contribution in [2.24, 2.45) is 17.8 Å². The molecule has 0 saturated carbocycles. The number of rotatable bonds is 24. The van der Waals surface area contributed by atoms with Crippen molar-refractivity contribution in [2.75, 3.05) is 26.6 Å². The molecule has 5 rings (SSSR count). The van der Waals surface area contributed by atoms with Gasteiger partial charge in [-0.1, -0.05) is 123 Å². The summed E-state index contributed by atoms with van der Waals surface area (Å²) in [5.74, 6) is 4.75. The standard InChI is InChI=1S/C52H64O11S.6CO.2Co/c1-7-17-49-51(61-34-41-20-13-9-14-21-41)31-47(54)52(63-49)43(36-64(55,56)46-22-15-10-16-23-46)26-29-48(58-6)37(2)38(3)50(62-39(4)53)30-45(60-33-40-18-11-8-12-19-40)35-59-32-42-24-27-44(57-5)28-25-42;6*1-2;;/h7-16,18-25,27-28,37-38,43,45,47-52,54H,1,17,30-36H2,2-6H3;;;;;;;;/t37-,38-,43?,45-,47-,48?,49-,50?,51+,52+;;;;;;;;/m0......../s1. The van der Waals surface area contributed by atoms with E-state index < -0.39 is 70.2 Å². The molecule has 1 N–H and O–H groups in total. The van der Waals surface area contributed by atoms with Crippen LogP contribution in [0.25, 0.3) is 0 Å². The number of hydrogen-bond donors (Lipinski definition) is 1. The molecule has 1 aliphatic heterocycles. The van der Waals surface area contributed by atoms with Crippen LogP contribution in [0, 0.1) is 69.5 Å². The van der Waals surface area contributed by atoms with Crippen molar-refractivity contribution >= 4 is 15.8 Å². The first-order valence-electron chi connectivity index (χ1n) is 23.1. The van der Waals surface area contributed by atoms with Gasteiger partial charge in [0.15, 0.2) is 9.84 Å². The van der Waals surface area contributed by atoms with Crippen molar-refractivity contribution in [2.45, 2.75) is 107 Å². The van der Waals surface area contributed by atoms with Crippen LogP contribution in [0.1, 0.15) is 56.7 Å². The zero-order chi connectivity index (χ0) is 57.9. The molecular weight excluding hydrogens is 1120 g/mol. The second-order valence-corrected chi connectivity index (χ2v) is 18.4. The third-order valence-corrected chi connectivity index (χ3v) is 13.4. The number of carbonyl (C=O) groups excluding carboxylic acids is 1. The maximum absolute atomic E-state index is 13.9. The van der Waals surface area contributed by atoms with Crippen molar-refractivity contribution < 1.29 is 113 Å². The SMILES string of the molecule is C=CC[C@@H]1O[C@H](C(C#CC(OC)[C@@H](C)[C@H](C)C(C[C@@H](COCc2ccc(OC)cc2)OCc2ccccc2)OC(C)=O)CS(=O)(=O)c2ccccc2)[C@@H](O)C[C@H]1OCc1ccccc1.[C-]#[O+].[C-]#[O+].[C-]#[O+].[C-]#[O+].[C-]#[O+].[C-]#[O+].[Co].[Co]. The van der Waals surface area contributed by atoms with Crippen LogP contribution in [0.3, 0.4) is 0 Å². The summed E-state index contributed by atoms with van der Waals surface area (Å²) in [6, 6.07) is 35.4. The third-order valence-electron chi connectivity index (χ3n) is 11.6. The van der Waals surface area contributed by atoms with Gasteiger partial charge in [0.2, 0.25) is 0 Å². The van der Waals surface area contributed by atoms with E-state index in [0.717, 1.165) is 22.4 Å². The van der Waals surface area contributed by atoms with Gasteiger partial charge in [-0.25, -0.2) is 8.42 Å². The van der Waals surface area contributed by atoms with E-state index in [1.54, 1.807) is 50.6 Å². The van der Waals surface area contributed by atoms with Gasteiger partial charge in [0.05, 0.1) is 80.6 Å². The molecule has 1 aliphatic rings. The third kappa shape index (κ3) is 29.5. The number of hydrogen-bond acceptors (Lipinski definition) is 11. The van der Waals surface area contributed by atoms with Gasteiger partial charge in [0.1, 0.15) is 18.0 Å². The number of methoxy groups -OCH3 is 2. The quantitative estimate of drug-likeness (QED) is 0.0231. The number of sulfone groups is 1. The van der Waals surface area contributed by atoms with E-state index in [9.17, 15) is 18.3 Å². The number of carbonyl (C=O) groups is 1. The first-order valence-corrected chi connectivity index (χ1v) is 24.7. The van der Waals surface area contributed by atoms with Gasteiger partial charge in [-0.05, 0) is 59.2 Å². The molecule has 78 heavy (non-hydrogen) atoms. The molecule has 4 aromatic carbocycles. The molecule has 1 saturated heterocycles. The van der Waals surface area contributed by atoms with Crippen molar-refractivity contribution in [1.82, 2.24) is 0 Å². The summed E-state index contributed by atoms with van der Waals surface area (Å²) in [5.41, 5.74) is 2.94. The minimum atomic E-state index is -3.88. The van der Waals surface area contributed by atoms with E-state index in [2.05, 4.69) is 58.3 Å². The fourth-order valence-corrected chi connectivity index (χ4v) is 9.33. The summed E-state index contributed by atoms with van der Waals surface area (Å²) in [7, 11) is -0.721. The van der Waals surface area contributed by atoms with Gasteiger partial charge in [0, 0.05) is 60.4 Å². The molecule has 1 fully saturated rings. The summed E-state index contributed by atoms with van der Waals surface area (Å²) in [6.45, 7) is 37.5. The van der Waals surface area contributed by atoms with E-state index in [0.29, 0.717) is 32.7 Å². The largest absolute Gasteiger partial charge is 0 e. The Morgan fingerprint density at radius 2 is 1.24 bits per heavy atom. The molecule has 0 bridgehead atoms. The summed E-state index contributed by atoms with van der Waals surface area (Å²) >= 11 is 0. The molecule has 3 unspecified atom stereocenters. The average Bonchev–Trinajstić information content (AvgIpc) is 3.47. The Hall–Kier alpha value is -5.39. The van der Waals surface area contributed by atoms with Crippen molar-refractivity contribution in [1.29, 1.82) is 0 Å². The van der Waals surface area contributed by atoms with Crippen LogP contribution < -0.4 is 4.74 Å². The normalized spacial score (nSPS) is 16.8. The van der Waals surface area contributed by atoms with E-state index in [1.807, 2.05) is 98.8 Å². The molecule has 2 radical (unpaired) electrons. The summed E-state index contributed by atoms with van der Waals surface area (Å²) in [4.78, 5) is 12.8. The average molecular weight is 1180 g/mol. The smallest absolute Gasteiger partial charge is 0 e. The summed E-state index contributed by atoms with van der Waals surface area (Å²) in [6.07, 6.45) is -2.14. The van der Waals surface area contributed by atoms with Crippen molar-refractivity contribution in [3.63, 3.8) is 0 Å². The summed E-state index contributed by atoms with van der Waals surface area (Å²) < 4.78 is 116. The predicted molar refractivity (Wildman–Crippen MR) is 269 cm³/mol. The first kappa shape index (κ1) is 79.1. The van der Waals surface area contributed by atoms with Crippen molar-refractivity contribution in [3.8, 4) is 17.6 Å². The van der Waals surface area contributed by atoms with Crippen LogP contribution >= 0.6 is 0 Å². The van der Waals surface area contributed by atoms with Crippen LogP contribution in [0.5, 0.6) is 5.75 Å². The fourth-order valence-electron chi connectivity index (χ4n) is 7.82. The van der Waals surface area contributed by atoms with Crippen molar-refractivity contribution in [3.05, 3.63) is 185 Å². The van der Waals surface area contributed by atoms with Gasteiger partial charge >= 0.3 is 73.8 Å². The Morgan fingerprint density at radius 3 is 1.73 bits per heavy atom. The van der Waals surface area contributed by atoms with Gasteiger partial charge in [-0.15, -0.1) is 6.58 Å². The second kappa shape index (κ2) is 48.7. The molecule has 4 aromatic rings. The number of aliphatic hydroxyl groups excluding tert-OH is 1. The van der Waals surface area contributed by atoms with Gasteiger partial charge in [0.25, 0.3) is 0 Å². The summed E-state index contributed by atoms with van der Waals surface area (Å²) in [5, 5.41) is 11.7. The van der Waals surface area contributed by atoms with E-state index in [-0.39, 0.29) is 63.3 Å². The van der Waals surface area contributed by atoms with Crippen LogP contribution in [0.2, 0.25) is 0 Å². The zero-order valence-corrected chi connectivity index (χ0v) is 46.6. The number of esters is 1. The molecule has 0 spiro atoms. The molecule has 10 atom stereocenters. The molecular formula is C58H64Co2O17S. The molecule has 0 amide bonds. The van der Waals surface area contributed by atoms with E-state index >= 15 is 0 Å². The van der Waals surface area contributed by atoms with E-state index in [4.69, 9.17) is 61.1 Å². The minimum absolute atomic E-state index is 0. The predicted octanol–water partition coefficient (Wildman–Crippen LogP) is 7.95.